The summed E-state index contributed by atoms with van der Waals surface area (Å²) < 4.78 is 38.9. The molecule has 0 radical (unpaired) electrons. The van der Waals surface area contributed by atoms with Gasteiger partial charge in [0, 0.05) is 50.9 Å². The number of carbonyl (C=O) groups is 2. The minimum absolute atomic E-state index is 0.0642. The molecule has 2 N–H and O–H groups in total. The van der Waals surface area contributed by atoms with Gasteiger partial charge in [0.05, 0.1) is 17.1 Å². The van der Waals surface area contributed by atoms with E-state index in [0.29, 0.717) is 32.1 Å². The lowest BCUT2D eigenvalue weighted by Gasteiger charge is -2.34. The topological polar surface area (TPSA) is 64.7 Å². The molecule has 2 aliphatic rings. The summed E-state index contributed by atoms with van der Waals surface area (Å²) >= 11 is 5.61. The zero-order valence-electron chi connectivity index (χ0n) is 18.0. The van der Waals surface area contributed by atoms with Gasteiger partial charge in [-0.25, -0.2) is 0 Å². The van der Waals surface area contributed by atoms with Crippen molar-refractivity contribution in [3.63, 3.8) is 0 Å². The van der Waals surface area contributed by atoms with Crippen molar-refractivity contribution < 1.29 is 22.8 Å². The first-order valence-corrected chi connectivity index (χ1v) is 11.5. The van der Waals surface area contributed by atoms with Crippen LogP contribution in [0.3, 0.4) is 0 Å². The molecule has 178 valence electrons. The number of carbonyl (C=O) groups excluding carboxylic acids is 2. The van der Waals surface area contributed by atoms with Crippen LogP contribution in [0, 0.1) is 0 Å². The molecule has 2 fully saturated rings. The van der Waals surface area contributed by atoms with Crippen molar-refractivity contribution >= 4 is 29.1 Å². The first-order valence-electron chi connectivity index (χ1n) is 11.1. The first kappa shape index (κ1) is 24.8. The highest BCUT2D eigenvalue weighted by Crippen LogP contribution is 2.36. The number of hydrogen-bond donors (Lipinski definition) is 2. The average Bonchev–Trinajstić information content (AvgIpc) is 2.74. The molecule has 0 aromatic heterocycles. The SMILES string of the molecule is O=C(CN1CCN(CCC(=O)NC2CCCCC2)CC1)Nc1ccc(Cl)c(C(F)(F)F)c1. The van der Waals surface area contributed by atoms with Gasteiger partial charge in [-0.05, 0) is 31.0 Å². The molecule has 1 aliphatic heterocycles. The lowest BCUT2D eigenvalue weighted by Crippen LogP contribution is -2.49. The molecule has 1 aromatic rings. The minimum Gasteiger partial charge on any atom is -0.353 e. The van der Waals surface area contributed by atoms with Crippen molar-refractivity contribution in [3.8, 4) is 0 Å². The van der Waals surface area contributed by atoms with Crippen molar-refractivity contribution in [1.82, 2.24) is 15.1 Å². The third-order valence-corrected chi connectivity index (χ3v) is 6.34. The van der Waals surface area contributed by atoms with Gasteiger partial charge in [-0.2, -0.15) is 13.2 Å². The zero-order valence-corrected chi connectivity index (χ0v) is 18.8. The van der Waals surface area contributed by atoms with Gasteiger partial charge in [0.25, 0.3) is 0 Å². The Morgan fingerprint density at radius 2 is 1.66 bits per heavy atom. The van der Waals surface area contributed by atoms with Crippen LogP contribution in [0.4, 0.5) is 18.9 Å². The molecule has 0 spiro atoms. The van der Waals surface area contributed by atoms with Crippen molar-refractivity contribution in [2.24, 2.45) is 0 Å². The van der Waals surface area contributed by atoms with Gasteiger partial charge >= 0.3 is 6.18 Å². The Labute approximate surface area is 191 Å². The van der Waals surface area contributed by atoms with Gasteiger partial charge < -0.3 is 15.5 Å². The van der Waals surface area contributed by atoms with Crippen LogP contribution < -0.4 is 10.6 Å². The van der Waals surface area contributed by atoms with Crippen LogP contribution in [-0.2, 0) is 15.8 Å². The molecule has 32 heavy (non-hydrogen) atoms. The third kappa shape index (κ3) is 7.64. The quantitative estimate of drug-likeness (QED) is 0.631. The summed E-state index contributed by atoms with van der Waals surface area (Å²) in [5, 5.41) is 5.24. The Kier molecular flexibility index (Phi) is 8.79. The molecule has 3 rings (SSSR count). The highest BCUT2D eigenvalue weighted by molar-refractivity contribution is 6.31. The van der Waals surface area contributed by atoms with E-state index in [1.54, 1.807) is 0 Å². The fourth-order valence-electron chi connectivity index (χ4n) is 4.20. The summed E-state index contributed by atoms with van der Waals surface area (Å²) in [6.45, 7) is 3.58. The highest BCUT2D eigenvalue weighted by Gasteiger charge is 2.33. The molecule has 0 unspecified atom stereocenters. The molecular formula is C22H30ClF3N4O2. The lowest BCUT2D eigenvalue weighted by molar-refractivity contribution is -0.137. The predicted molar refractivity (Wildman–Crippen MR) is 118 cm³/mol. The Bertz CT molecular complexity index is 792. The smallest absolute Gasteiger partial charge is 0.353 e. The Hall–Kier alpha value is -1.84. The maximum atomic E-state index is 13.0. The van der Waals surface area contributed by atoms with Gasteiger partial charge in [-0.3, -0.25) is 14.5 Å². The summed E-state index contributed by atoms with van der Waals surface area (Å²) in [4.78, 5) is 28.6. The van der Waals surface area contributed by atoms with Crippen LogP contribution in [0.15, 0.2) is 18.2 Å². The van der Waals surface area contributed by atoms with Gasteiger partial charge in [-0.15, -0.1) is 0 Å². The van der Waals surface area contributed by atoms with E-state index in [2.05, 4.69) is 15.5 Å². The average molecular weight is 475 g/mol. The molecule has 1 heterocycles. The predicted octanol–water partition coefficient (Wildman–Crippen LogP) is 3.75. The van der Waals surface area contributed by atoms with Crippen LogP contribution in [0.2, 0.25) is 5.02 Å². The number of anilines is 1. The number of piperazine rings is 1. The fourth-order valence-corrected chi connectivity index (χ4v) is 4.43. The number of nitrogens with zero attached hydrogens (tertiary/aromatic N) is 2. The molecular weight excluding hydrogens is 445 g/mol. The summed E-state index contributed by atoms with van der Waals surface area (Å²) in [7, 11) is 0. The standard InChI is InChI=1S/C22H30ClF3N4O2/c23-19-7-6-17(14-18(19)22(24,25)26)28-21(32)15-30-12-10-29(11-13-30)9-8-20(31)27-16-4-2-1-3-5-16/h6-7,14,16H,1-5,8-13,15H2,(H,27,31)(H,28,32). The molecule has 1 aliphatic carbocycles. The summed E-state index contributed by atoms with van der Waals surface area (Å²) in [5.41, 5.74) is -0.910. The highest BCUT2D eigenvalue weighted by atomic mass is 35.5. The Balaban J connectivity index is 1.36. The van der Waals surface area contributed by atoms with Gasteiger partial charge in [0.2, 0.25) is 11.8 Å². The van der Waals surface area contributed by atoms with Crippen LogP contribution >= 0.6 is 11.6 Å². The fraction of sp³-hybridized carbons (Fsp3) is 0.636. The number of benzene rings is 1. The Morgan fingerprint density at radius 1 is 1.00 bits per heavy atom. The van der Waals surface area contributed by atoms with Crippen molar-refractivity contribution in [2.75, 3.05) is 44.6 Å². The molecule has 0 atom stereocenters. The van der Waals surface area contributed by atoms with Gasteiger partial charge in [0.15, 0.2) is 0 Å². The number of nitrogens with one attached hydrogen (secondary N) is 2. The number of amides is 2. The maximum Gasteiger partial charge on any atom is 0.417 e. The van der Waals surface area contributed by atoms with Crippen molar-refractivity contribution in [1.29, 1.82) is 0 Å². The summed E-state index contributed by atoms with van der Waals surface area (Å²) in [5.74, 6) is -0.277. The number of rotatable bonds is 7. The zero-order chi connectivity index (χ0) is 23.1. The van der Waals surface area contributed by atoms with E-state index in [1.807, 2.05) is 4.90 Å². The molecule has 1 saturated heterocycles. The van der Waals surface area contributed by atoms with Crippen LogP contribution in [-0.4, -0.2) is 66.9 Å². The van der Waals surface area contributed by atoms with Gasteiger partial charge in [-0.1, -0.05) is 30.9 Å². The van der Waals surface area contributed by atoms with E-state index in [4.69, 9.17) is 11.6 Å². The third-order valence-electron chi connectivity index (χ3n) is 6.01. The minimum atomic E-state index is -4.58. The molecule has 0 bridgehead atoms. The molecule has 1 aromatic carbocycles. The van der Waals surface area contributed by atoms with Crippen LogP contribution in [0.1, 0.15) is 44.1 Å². The first-order chi connectivity index (χ1) is 15.2. The van der Waals surface area contributed by atoms with Crippen molar-refractivity contribution in [2.45, 2.75) is 50.7 Å². The lowest BCUT2D eigenvalue weighted by atomic mass is 9.95. The van der Waals surface area contributed by atoms with Crippen molar-refractivity contribution in [3.05, 3.63) is 28.8 Å². The second-order valence-electron chi connectivity index (χ2n) is 8.51. The molecule has 2 amide bonds. The van der Waals surface area contributed by atoms with E-state index in [0.717, 1.165) is 38.1 Å². The molecule has 1 saturated carbocycles. The van der Waals surface area contributed by atoms with Gasteiger partial charge in [0.1, 0.15) is 0 Å². The van der Waals surface area contributed by atoms with E-state index in [9.17, 15) is 22.8 Å². The monoisotopic (exact) mass is 474 g/mol. The van der Waals surface area contributed by atoms with E-state index >= 15 is 0 Å². The summed E-state index contributed by atoms with van der Waals surface area (Å²) in [6.07, 6.45) is 1.64. The van der Waals surface area contributed by atoms with Crippen LogP contribution in [0.5, 0.6) is 0 Å². The molecule has 6 nitrogen and oxygen atoms in total. The number of hydrogen-bond acceptors (Lipinski definition) is 4. The second-order valence-corrected chi connectivity index (χ2v) is 8.92. The normalized spacial score (nSPS) is 19.0. The molecule has 10 heteroatoms. The largest absolute Gasteiger partial charge is 0.417 e. The number of alkyl halides is 3. The Morgan fingerprint density at radius 3 is 2.31 bits per heavy atom. The van der Waals surface area contributed by atoms with Crippen LogP contribution in [0.25, 0.3) is 0 Å². The van der Waals surface area contributed by atoms with E-state index in [1.165, 1.54) is 25.3 Å². The van der Waals surface area contributed by atoms with E-state index < -0.39 is 16.8 Å². The second kappa shape index (κ2) is 11.3. The maximum absolute atomic E-state index is 13.0. The summed E-state index contributed by atoms with van der Waals surface area (Å²) in [6, 6.07) is 3.64. The van der Waals surface area contributed by atoms with E-state index in [-0.39, 0.29) is 24.0 Å². The number of halogens is 4.